The third-order valence-corrected chi connectivity index (χ3v) is 4.22. The van der Waals surface area contributed by atoms with E-state index in [1.807, 2.05) is 6.92 Å². The Morgan fingerprint density at radius 2 is 2.44 bits per heavy atom. The molecule has 1 N–H and O–H groups in total. The van der Waals surface area contributed by atoms with Crippen molar-refractivity contribution < 1.29 is 9.59 Å². The average molecular weight is 302 g/mol. The van der Waals surface area contributed by atoms with E-state index in [4.69, 9.17) is 0 Å². The summed E-state index contributed by atoms with van der Waals surface area (Å²) in [5, 5.41) is 3.18. The molecule has 2 aliphatic rings. The molecule has 1 aliphatic heterocycles. The first-order chi connectivity index (χ1) is 7.61. The van der Waals surface area contributed by atoms with Gasteiger partial charge in [0.1, 0.15) is 4.28 Å². The summed E-state index contributed by atoms with van der Waals surface area (Å²) in [5.74, 6) is 0.0758. The van der Waals surface area contributed by atoms with Gasteiger partial charge in [-0.25, -0.2) is 0 Å². The largest absolute Gasteiger partial charge is 0.363 e. The monoisotopic (exact) mass is 301 g/mol. The topological polar surface area (TPSA) is 46.2 Å². The average Bonchev–Trinajstić information content (AvgIpc) is 2.57. The highest BCUT2D eigenvalue weighted by Gasteiger charge is 2.31. The van der Waals surface area contributed by atoms with E-state index in [1.54, 1.807) is 11.8 Å². The molecule has 0 aromatic rings. The van der Waals surface area contributed by atoms with Gasteiger partial charge < -0.3 is 5.32 Å². The van der Waals surface area contributed by atoms with Gasteiger partial charge in [0.25, 0.3) is 0 Å². The molecule has 1 atom stereocenters. The van der Waals surface area contributed by atoms with Crippen molar-refractivity contribution in [2.75, 3.05) is 0 Å². The Kier molecular flexibility index (Phi) is 3.54. The van der Waals surface area contributed by atoms with Gasteiger partial charge in [-0.05, 0) is 12.5 Å². The summed E-state index contributed by atoms with van der Waals surface area (Å²) in [5.41, 5.74) is 1.41. The Morgan fingerprint density at radius 3 is 3.12 bits per heavy atom. The summed E-state index contributed by atoms with van der Waals surface area (Å²) in [6.07, 6.45) is 3.19. The third-order valence-electron chi connectivity index (χ3n) is 2.47. The number of carbonyl (C=O) groups is 2. The first-order valence-electron chi connectivity index (χ1n) is 5.20. The van der Waals surface area contributed by atoms with Gasteiger partial charge in [0.2, 0.25) is 0 Å². The molecule has 0 bridgehead atoms. The first kappa shape index (κ1) is 11.9. The first-order valence-corrected chi connectivity index (χ1v) is 7.00. The van der Waals surface area contributed by atoms with Crippen LogP contribution in [0, 0.1) is 0 Å². The molecule has 1 aliphatic carbocycles. The van der Waals surface area contributed by atoms with Crippen molar-refractivity contribution in [1.29, 1.82) is 0 Å². The van der Waals surface area contributed by atoms with Gasteiger partial charge in [0, 0.05) is 23.3 Å². The number of thioether (sulfide) groups is 1. The number of halogens is 1. The van der Waals surface area contributed by atoms with E-state index < -0.39 is 0 Å². The molecular weight excluding hydrogens is 290 g/mol. The number of ketones is 2. The van der Waals surface area contributed by atoms with E-state index in [0.29, 0.717) is 18.4 Å². The molecule has 16 heavy (non-hydrogen) atoms. The summed E-state index contributed by atoms with van der Waals surface area (Å²) >= 11 is 4.99. The lowest BCUT2D eigenvalue weighted by Gasteiger charge is -2.14. The molecule has 1 heterocycles. The van der Waals surface area contributed by atoms with E-state index in [-0.39, 0.29) is 15.8 Å². The summed E-state index contributed by atoms with van der Waals surface area (Å²) in [7, 11) is 0. The lowest BCUT2D eigenvalue weighted by molar-refractivity contribution is -0.117. The van der Waals surface area contributed by atoms with Crippen LogP contribution in [0.4, 0.5) is 0 Å². The molecule has 86 valence electrons. The van der Waals surface area contributed by atoms with Crippen LogP contribution >= 0.6 is 27.7 Å². The molecule has 2 rings (SSSR count). The number of nitrogens with one attached hydrogen (secondary N) is 1. The van der Waals surface area contributed by atoms with Crippen LogP contribution in [0.3, 0.4) is 0 Å². The highest BCUT2D eigenvalue weighted by Crippen LogP contribution is 2.41. The summed E-state index contributed by atoms with van der Waals surface area (Å²) in [6.45, 7) is 1.96. The zero-order chi connectivity index (χ0) is 11.7. The standard InChI is InChI=1S/C11H12BrNO2S/c1-2-3-8(15)7-4-6(14)5-9-10(7)13-11(12)16-9/h4,11,13H,2-3,5H2,1H3. The lowest BCUT2D eigenvalue weighted by Crippen LogP contribution is -2.21. The van der Waals surface area contributed by atoms with Gasteiger partial charge in [0.05, 0.1) is 5.70 Å². The smallest absolute Gasteiger partial charge is 0.165 e. The van der Waals surface area contributed by atoms with E-state index in [1.165, 1.54) is 6.08 Å². The molecule has 1 unspecified atom stereocenters. The van der Waals surface area contributed by atoms with Gasteiger partial charge in [-0.15, -0.1) is 0 Å². The SMILES string of the molecule is CCCC(=O)C1=CC(=O)CC2=C1NC(Br)S2. The van der Waals surface area contributed by atoms with Crippen LogP contribution in [-0.4, -0.2) is 15.8 Å². The van der Waals surface area contributed by atoms with Crippen LogP contribution in [-0.2, 0) is 9.59 Å². The van der Waals surface area contributed by atoms with Crippen LogP contribution in [0.1, 0.15) is 26.2 Å². The Morgan fingerprint density at radius 1 is 1.69 bits per heavy atom. The number of allylic oxidation sites excluding steroid dienone is 3. The van der Waals surface area contributed by atoms with Crippen molar-refractivity contribution >= 4 is 39.3 Å². The summed E-state index contributed by atoms with van der Waals surface area (Å²) < 4.78 is 0.0706. The van der Waals surface area contributed by atoms with Crippen molar-refractivity contribution in [3.63, 3.8) is 0 Å². The molecule has 0 saturated carbocycles. The van der Waals surface area contributed by atoms with Crippen molar-refractivity contribution in [2.45, 2.75) is 30.5 Å². The normalized spacial score (nSPS) is 24.0. The molecule has 0 aromatic heterocycles. The molecule has 5 heteroatoms. The Balaban J connectivity index is 2.28. The molecule has 0 radical (unpaired) electrons. The maximum atomic E-state index is 11.9. The van der Waals surface area contributed by atoms with Gasteiger partial charge in [-0.2, -0.15) is 0 Å². The molecule has 3 nitrogen and oxygen atoms in total. The number of carbonyl (C=O) groups excluding carboxylic acids is 2. The summed E-state index contributed by atoms with van der Waals surface area (Å²) in [4.78, 5) is 24.4. The number of alkyl halides is 1. The highest BCUT2D eigenvalue weighted by atomic mass is 79.9. The zero-order valence-electron chi connectivity index (χ0n) is 8.88. The van der Waals surface area contributed by atoms with Gasteiger partial charge >= 0.3 is 0 Å². The minimum atomic E-state index is 0.0223. The number of hydrogen-bond acceptors (Lipinski definition) is 4. The summed E-state index contributed by atoms with van der Waals surface area (Å²) in [6, 6.07) is 0. The molecule has 0 spiro atoms. The maximum Gasteiger partial charge on any atom is 0.165 e. The Bertz CT molecular complexity index is 414. The van der Waals surface area contributed by atoms with Crippen molar-refractivity contribution in [1.82, 2.24) is 5.32 Å². The van der Waals surface area contributed by atoms with Gasteiger partial charge in [0.15, 0.2) is 11.6 Å². The lowest BCUT2D eigenvalue weighted by atomic mass is 9.96. The number of rotatable bonds is 3. The maximum absolute atomic E-state index is 11.9. The second-order valence-electron chi connectivity index (χ2n) is 3.75. The highest BCUT2D eigenvalue weighted by molar-refractivity contribution is 9.11. The molecular formula is C11H12BrNO2S. The van der Waals surface area contributed by atoms with Gasteiger partial charge in [-0.3, -0.25) is 9.59 Å². The van der Waals surface area contributed by atoms with Crippen LogP contribution in [0.15, 0.2) is 22.3 Å². The van der Waals surface area contributed by atoms with Crippen LogP contribution in [0.25, 0.3) is 0 Å². The fourth-order valence-electron chi connectivity index (χ4n) is 1.79. The van der Waals surface area contributed by atoms with E-state index in [0.717, 1.165) is 17.0 Å². The quantitative estimate of drug-likeness (QED) is 0.642. The predicted octanol–water partition coefficient (Wildman–Crippen LogP) is 2.48. The van der Waals surface area contributed by atoms with Crippen LogP contribution in [0.5, 0.6) is 0 Å². The van der Waals surface area contributed by atoms with Gasteiger partial charge in [-0.1, -0.05) is 34.6 Å². The van der Waals surface area contributed by atoms with E-state index in [9.17, 15) is 9.59 Å². The zero-order valence-corrected chi connectivity index (χ0v) is 11.3. The molecule has 0 amide bonds. The fourth-order valence-corrected chi connectivity index (χ4v) is 3.63. The van der Waals surface area contributed by atoms with E-state index >= 15 is 0 Å². The van der Waals surface area contributed by atoms with Crippen molar-refractivity contribution in [2.24, 2.45) is 0 Å². The van der Waals surface area contributed by atoms with Crippen LogP contribution < -0.4 is 5.32 Å². The Hall–Kier alpha value is -0.550. The fraction of sp³-hybridized carbons (Fsp3) is 0.455. The second-order valence-corrected chi connectivity index (χ2v) is 6.47. The Labute approximate surface area is 107 Å². The van der Waals surface area contributed by atoms with Crippen molar-refractivity contribution in [3.8, 4) is 0 Å². The predicted molar refractivity (Wildman–Crippen MR) is 68.1 cm³/mol. The number of hydrogen-bond donors (Lipinski definition) is 1. The van der Waals surface area contributed by atoms with E-state index in [2.05, 4.69) is 21.2 Å². The third kappa shape index (κ3) is 2.25. The van der Waals surface area contributed by atoms with Crippen LogP contribution in [0.2, 0.25) is 0 Å². The minimum absolute atomic E-state index is 0.0223. The molecule has 0 fully saturated rings. The number of Topliss-reactive ketones (excluding diaryl/α,β-unsaturated/α-hetero) is 1. The minimum Gasteiger partial charge on any atom is -0.363 e. The second kappa shape index (κ2) is 4.75. The molecule has 0 aromatic carbocycles. The van der Waals surface area contributed by atoms with Crippen molar-refractivity contribution in [3.05, 3.63) is 22.3 Å². The molecule has 0 saturated heterocycles.